The third kappa shape index (κ3) is 1.90. The molecule has 0 saturated carbocycles. The fourth-order valence-corrected chi connectivity index (χ4v) is 1.62. The molecule has 1 aromatic carbocycles. The summed E-state index contributed by atoms with van der Waals surface area (Å²) in [5.41, 5.74) is 2.23. The van der Waals surface area contributed by atoms with Crippen LogP contribution in [0.3, 0.4) is 0 Å². The SMILES string of the molecule is C=CCc1ccc(O)c(OC)c1CC. The van der Waals surface area contributed by atoms with Crippen LogP contribution in [0.4, 0.5) is 0 Å². The predicted octanol–water partition coefficient (Wildman–Crippen LogP) is 2.69. The number of benzene rings is 1. The molecule has 14 heavy (non-hydrogen) atoms. The first-order valence-corrected chi connectivity index (χ1v) is 4.73. The highest BCUT2D eigenvalue weighted by Gasteiger charge is 2.10. The first kappa shape index (κ1) is 10.6. The van der Waals surface area contributed by atoms with Gasteiger partial charge in [-0.3, -0.25) is 0 Å². The smallest absolute Gasteiger partial charge is 0.163 e. The lowest BCUT2D eigenvalue weighted by Crippen LogP contribution is -1.96. The van der Waals surface area contributed by atoms with Gasteiger partial charge < -0.3 is 9.84 Å². The molecular weight excluding hydrogens is 176 g/mol. The van der Waals surface area contributed by atoms with Gasteiger partial charge in [-0.05, 0) is 24.5 Å². The molecule has 0 unspecified atom stereocenters. The Morgan fingerprint density at radius 1 is 1.50 bits per heavy atom. The highest BCUT2D eigenvalue weighted by Crippen LogP contribution is 2.33. The van der Waals surface area contributed by atoms with Crippen molar-refractivity contribution in [3.63, 3.8) is 0 Å². The number of allylic oxidation sites excluding steroid dienone is 1. The Kier molecular flexibility index (Phi) is 3.57. The number of phenolic OH excluding ortho intramolecular Hbond substituents is 1. The van der Waals surface area contributed by atoms with Crippen molar-refractivity contribution in [1.82, 2.24) is 0 Å². The molecule has 0 bridgehead atoms. The van der Waals surface area contributed by atoms with Gasteiger partial charge in [0, 0.05) is 5.56 Å². The Balaban J connectivity index is 3.24. The summed E-state index contributed by atoms with van der Waals surface area (Å²) in [6.07, 6.45) is 3.51. The zero-order valence-electron chi connectivity index (χ0n) is 8.71. The third-order valence-electron chi connectivity index (χ3n) is 2.26. The van der Waals surface area contributed by atoms with E-state index in [1.165, 1.54) is 0 Å². The lowest BCUT2D eigenvalue weighted by molar-refractivity contribution is 0.369. The number of hydrogen-bond donors (Lipinski definition) is 1. The van der Waals surface area contributed by atoms with Crippen LogP contribution in [-0.4, -0.2) is 12.2 Å². The lowest BCUT2D eigenvalue weighted by Gasteiger charge is -2.12. The Morgan fingerprint density at radius 3 is 2.71 bits per heavy atom. The zero-order valence-corrected chi connectivity index (χ0v) is 8.71. The molecule has 0 amide bonds. The van der Waals surface area contributed by atoms with Crippen molar-refractivity contribution in [1.29, 1.82) is 0 Å². The van der Waals surface area contributed by atoms with Gasteiger partial charge in [-0.2, -0.15) is 0 Å². The molecule has 0 aliphatic heterocycles. The standard InChI is InChI=1S/C12H16O2/c1-4-6-9-7-8-11(13)12(14-3)10(9)5-2/h4,7-8,13H,1,5-6H2,2-3H3. The van der Waals surface area contributed by atoms with E-state index in [2.05, 4.69) is 6.58 Å². The molecule has 76 valence electrons. The quantitative estimate of drug-likeness (QED) is 0.743. The molecular formula is C12H16O2. The monoisotopic (exact) mass is 192 g/mol. The van der Waals surface area contributed by atoms with Crippen molar-refractivity contribution >= 4 is 0 Å². The number of rotatable bonds is 4. The fraction of sp³-hybridized carbons (Fsp3) is 0.333. The van der Waals surface area contributed by atoms with Crippen molar-refractivity contribution in [2.75, 3.05) is 7.11 Å². The molecule has 0 spiro atoms. The van der Waals surface area contributed by atoms with Gasteiger partial charge in [-0.15, -0.1) is 6.58 Å². The predicted molar refractivity (Wildman–Crippen MR) is 57.9 cm³/mol. The molecule has 0 atom stereocenters. The van der Waals surface area contributed by atoms with Crippen molar-refractivity contribution in [2.45, 2.75) is 19.8 Å². The van der Waals surface area contributed by atoms with E-state index < -0.39 is 0 Å². The van der Waals surface area contributed by atoms with E-state index in [1.54, 1.807) is 13.2 Å². The normalized spacial score (nSPS) is 9.86. The van der Waals surface area contributed by atoms with Gasteiger partial charge in [0.25, 0.3) is 0 Å². The highest BCUT2D eigenvalue weighted by atomic mass is 16.5. The van der Waals surface area contributed by atoms with Gasteiger partial charge in [0.1, 0.15) is 0 Å². The summed E-state index contributed by atoms with van der Waals surface area (Å²) < 4.78 is 5.17. The van der Waals surface area contributed by atoms with Crippen molar-refractivity contribution in [3.05, 3.63) is 35.9 Å². The summed E-state index contributed by atoms with van der Waals surface area (Å²) in [7, 11) is 1.58. The van der Waals surface area contributed by atoms with Crippen LogP contribution in [-0.2, 0) is 12.8 Å². The van der Waals surface area contributed by atoms with E-state index in [0.717, 1.165) is 24.0 Å². The Bertz CT molecular complexity index is 329. The summed E-state index contributed by atoms with van der Waals surface area (Å²) in [6, 6.07) is 3.58. The average molecular weight is 192 g/mol. The van der Waals surface area contributed by atoms with Crippen LogP contribution >= 0.6 is 0 Å². The summed E-state index contributed by atoms with van der Waals surface area (Å²) in [6.45, 7) is 5.75. The van der Waals surface area contributed by atoms with Crippen LogP contribution in [0.1, 0.15) is 18.1 Å². The second-order valence-electron chi connectivity index (χ2n) is 3.10. The molecule has 0 aliphatic rings. The lowest BCUT2D eigenvalue weighted by atomic mass is 10.0. The van der Waals surface area contributed by atoms with E-state index in [0.29, 0.717) is 5.75 Å². The molecule has 0 aliphatic carbocycles. The van der Waals surface area contributed by atoms with Crippen LogP contribution in [0, 0.1) is 0 Å². The van der Waals surface area contributed by atoms with E-state index in [-0.39, 0.29) is 5.75 Å². The van der Waals surface area contributed by atoms with Gasteiger partial charge in [-0.1, -0.05) is 19.1 Å². The Hall–Kier alpha value is -1.44. The van der Waals surface area contributed by atoms with Gasteiger partial charge >= 0.3 is 0 Å². The maximum Gasteiger partial charge on any atom is 0.163 e. The minimum absolute atomic E-state index is 0.206. The van der Waals surface area contributed by atoms with Crippen LogP contribution in [0.25, 0.3) is 0 Å². The van der Waals surface area contributed by atoms with Gasteiger partial charge in [0.15, 0.2) is 11.5 Å². The van der Waals surface area contributed by atoms with Gasteiger partial charge in [-0.25, -0.2) is 0 Å². The summed E-state index contributed by atoms with van der Waals surface area (Å²) in [5.74, 6) is 0.795. The fourth-order valence-electron chi connectivity index (χ4n) is 1.62. The largest absolute Gasteiger partial charge is 0.504 e. The molecule has 1 rings (SSSR count). The Labute approximate surface area is 84.8 Å². The van der Waals surface area contributed by atoms with Gasteiger partial charge in [0.05, 0.1) is 7.11 Å². The number of ether oxygens (including phenoxy) is 1. The summed E-state index contributed by atoms with van der Waals surface area (Å²) >= 11 is 0. The second-order valence-corrected chi connectivity index (χ2v) is 3.10. The summed E-state index contributed by atoms with van der Waals surface area (Å²) in [5, 5.41) is 9.56. The first-order chi connectivity index (χ1) is 6.74. The van der Waals surface area contributed by atoms with Crippen LogP contribution in [0.15, 0.2) is 24.8 Å². The molecule has 0 radical (unpaired) electrons. The molecule has 0 aromatic heterocycles. The molecule has 0 fully saturated rings. The van der Waals surface area contributed by atoms with Crippen molar-refractivity contribution in [3.8, 4) is 11.5 Å². The Morgan fingerprint density at radius 2 is 2.21 bits per heavy atom. The number of methoxy groups -OCH3 is 1. The van der Waals surface area contributed by atoms with E-state index >= 15 is 0 Å². The molecule has 0 saturated heterocycles. The maximum absolute atomic E-state index is 9.56. The first-order valence-electron chi connectivity index (χ1n) is 4.73. The molecule has 0 heterocycles. The number of hydrogen-bond acceptors (Lipinski definition) is 2. The van der Waals surface area contributed by atoms with Gasteiger partial charge in [0.2, 0.25) is 0 Å². The minimum atomic E-state index is 0.206. The van der Waals surface area contributed by atoms with Crippen molar-refractivity contribution < 1.29 is 9.84 Å². The van der Waals surface area contributed by atoms with E-state index in [9.17, 15) is 5.11 Å². The minimum Gasteiger partial charge on any atom is -0.504 e. The van der Waals surface area contributed by atoms with Crippen LogP contribution < -0.4 is 4.74 Å². The topological polar surface area (TPSA) is 29.5 Å². The molecule has 1 N–H and O–H groups in total. The number of phenols is 1. The third-order valence-corrected chi connectivity index (χ3v) is 2.26. The molecule has 2 heteroatoms. The number of aromatic hydroxyl groups is 1. The highest BCUT2D eigenvalue weighted by molar-refractivity contribution is 5.50. The van der Waals surface area contributed by atoms with E-state index in [1.807, 2.05) is 19.1 Å². The second kappa shape index (κ2) is 4.70. The van der Waals surface area contributed by atoms with Crippen LogP contribution in [0.5, 0.6) is 11.5 Å². The van der Waals surface area contributed by atoms with Crippen molar-refractivity contribution in [2.24, 2.45) is 0 Å². The average Bonchev–Trinajstić information content (AvgIpc) is 2.20. The summed E-state index contributed by atoms with van der Waals surface area (Å²) in [4.78, 5) is 0. The van der Waals surface area contributed by atoms with Crippen LogP contribution in [0.2, 0.25) is 0 Å². The zero-order chi connectivity index (χ0) is 10.6. The molecule has 2 nitrogen and oxygen atoms in total. The maximum atomic E-state index is 9.56. The molecule has 1 aromatic rings. The van der Waals surface area contributed by atoms with E-state index in [4.69, 9.17) is 4.74 Å².